The average molecular weight is 183 g/mol. The van der Waals surface area contributed by atoms with Crippen LogP contribution in [0.15, 0.2) is 0 Å². The molecule has 0 aromatic carbocycles. The third-order valence-corrected chi connectivity index (χ3v) is 3.97. The molecule has 0 radical (unpaired) electrons. The van der Waals surface area contributed by atoms with Crippen molar-refractivity contribution in [2.75, 3.05) is 7.05 Å². The van der Waals surface area contributed by atoms with Crippen molar-refractivity contribution in [1.29, 1.82) is 0 Å². The van der Waals surface area contributed by atoms with E-state index >= 15 is 0 Å². The Labute approximate surface area is 83.3 Å². The fourth-order valence-corrected chi connectivity index (χ4v) is 3.07. The van der Waals surface area contributed by atoms with Crippen LogP contribution >= 0.6 is 0 Å². The van der Waals surface area contributed by atoms with Crippen LogP contribution in [-0.2, 0) is 0 Å². The summed E-state index contributed by atoms with van der Waals surface area (Å²) in [6.45, 7) is 4.66. The van der Waals surface area contributed by atoms with Gasteiger partial charge in [0.25, 0.3) is 0 Å². The summed E-state index contributed by atoms with van der Waals surface area (Å²) in [6, 6.07) is 0.769. The van der Waals surface area contributed by atoms with Gasteiger partial charge in [0.2, 0.25) is 0 Å². The molecule has 0 bridgehead atoms. The molecule has 1 aliphatic rings. The standard InChI is InChI=1S/C12H25N/c1-4-8-11(13-3)12(5-2)9-6-7-10-12/h11,13H,4-10H2,1-3H3. The minimum Gasteiger partial charge on any atom is -0.316 e. The van der Waals surface area contributed by atoms with Gasteiger partial charge in [0.15, 0.2) is 0 Å². The van der Waals surface area contributed by atoms with Gasteiger partial charge in [-0.05, 0) is 38.1 Å². The molecule has 1 N–H and O–H groups in total. The molecule has 0 saturated heterocycles. The van der Waals surface area contributed by atoms with Crippen molar-refractivity contribution in [2.24, 2.45) is 5.41 Å². The van der Waals surface area contributed by atoms with Crippen LogP contribution in [0, 0.1) is 5.41 Å². The minimum atomic E-state index is 0.644. The summed E-state index contributed by atoms with van der Waals surface area (Å²) < 4.78 is 0. The third-order valence-electron chi connectivity index (χ3n) is 3.97. The maximum atomic E-state index is 3.54. The van der Waals surface area contributed by atoms with Crippen LogP contribution in [0.3, 0.4) is 0 Å². The second kappa shape index (κ2) is 4.99. The lowest BCUT2D eigenvalue weighted by Gasteiger charge is -2.36. The first-order chi connectivity index (χ1) is 6.29. The van der Waals surface area contributed by atoms with Crippen LogP contribution in [0.1, 0.15) is 58.8 Å². The van der Waals surface area contributed by atoms with Crippen LogP contribution in [0.5, 0.6) is 0 Å². The molecule has 1 aliphatic carbocycles. The van der Waals surface area contributed by atoms with Gasteiger partial charge in [0, 0.05) is 6.04 Å². The third kappa shape index (κ3) is 2.25. The molecular weight excluding hydrogens is 158 g/mol. The van der Waals surface area contributed by atoms with Gasteiger partial charge in [-0.3, -0.25) is 0 Å². The molecule has 1 heteroatoms. The van der Waals surface area contributed by atoms with Crippen molar-refractivity contribution in [3.8, 4) is 0 Å². The molecular formula is C12H25N. The highest BCUT2D eigenvalue weighted by molar-refractivity contribution is 4.92. The molecule has 1 atom stereocenters. The summed E-state index contributed by atoms with van der Waals surface area (Å²) in [5.74, 6) is 0. The van der Waals surface area contributed by atoms with Crippen LogP contribution in [-0.4, -0.2) is 13.1 Å². The predicted octanol–water partition coefficient (Wildman–Crippen LogP) is 3.34. The second-order valence-electron chi connectivity index (χ2n) is 4.55. The highest BCUT2D eigenvalue weighted by atomic mass is 14.9. The fraction of sp³-hybridized carbons (Fsp3) is 1.00. The molecule has 1 nitrogen and oxygen atoms in total. The quantitative estimate of drug-likeness (QED) is 0.689. The van der Waals surface area contributed by atoms with E-state index in [0.717, 1.165) is 6.04 Å². The molecule has 0 spiro atoms. The van der Waals surface area contributed by atoms with E-state index in [9.17, 15) is 0 Å². The summed E-state index contributed by atoms with van der Waals surface area (Å²) >= 11 is 0. The first-order valence-electron chi connectivity index (χ1n) is 5.96. The summed E-state index contributed by atoms with van der Waals surface area (Å²) in [4.78, 5) is 0. The van der Waals surface area contributed by atoms with Gasteiger partial charge in [-0.2, -0.15) is 0 Å². The Balaban J connectivity index is 2.60. The largest absolute Gasteiger partial charge is 0.316 e. The molecule has 0 heterocycles. The Kier molecular flexibility index (Phi) is 4.24. The summed E-state index contributed by atoms with van der Waals surface area (Å²) in [6.07, 6.45) is 9.84. The molecule has 1 saturated carbocycles. The monoisotopic (exact) mass is 183 g/mol. The van der Waals surface area contributed by atoms with Crippen LogP contribution in [0.2, 0.25) is 0 Å². The zero-order valence-electron chi connectivity index (χ0n) is 9.53. The van der Waals surface area contributed by atoms with Crippen LogP contribution < -0.4 is 5.32 Å². The lowest BCUT2D eigenvalue weighted by atomic mass is 9.74. The molecule has 0 amide bonds. The summed E-state index contributed by atoms with van der Waals surface area (Å²) in [5, 5.41) is 3.54. The van der Waals surface area contributed by atoms with Gasteiger partial charge in [-0.15, -0.1) is 0 Å². The van der Waals surface area contributed by atoms with Crippen LogP contribution in [0.25, 0.3) is 0 Å². The maximum Gasteiger partial charge on any atom is 0.0120 e. The number of hydrogen-bond donors (Lipinski definition) is 1. The molecule has 13 heavy (non-hydrogen) atoms. The topological polar surface area (TPSA) is 12.0 Å². The number of rotatable bonds is 5. The van der Waals surface area contributed by atoms with E-state index < -0.39 is 0 Å². The Morgan fingerprint density at radius 1 is 1.23 bits per heavy atom. The fourth-order valence-electron chi connectivity index (χ4n) is 3.07. The Bertz CT molecular complexity index is 136. The Hall–Kier alpha value is -0.0400. The van der Waals surface area contributed by atoms with Crippen molar-refractivity contribution < 1.29 is 0 Å². The van der Waals surface area contributed by atoms with E-state index in [1.807, 2.05) is 0 Å². The second-order valence-corrected chi connectivity index (χ2v) is 4.55. The van der Waals surface area contributed by atoms with Gasteiger partial charge in [0.05, 0.1) is 0 Å². The zero-order chi connectivity index (χ0) is 9.73. The lowest BCUT2D eigenvalue weighted by Crippen LogP contribution is -2.41. The number of nitrogens with one attached hydrogen (secondary N) is 1. The van der Waals surface area contributed by atoms with Gasteiger partial charge < -0.3 is 5.32 Å². The van der Waals surface area contributed by atoms with Crippen LogP contribution in [0.4, 0.5) is 0 Å². The maximum absolute atomic E-state index is 3.54. The first-order valence-corrected chi connectivity index (χ1v) is 5.96. The summed E-state index contributed by atoms with van der Waals surface area (Å²) in [5.41, 5.74) is 0.644. The zero-order valence-corrected chi connectivity index (χ0v) is 9.53. The van der Waals surface area contributed by atoms with Crippen molar-refractivity contribution >= 4 is 0 Å². The van der Waals surface area contributed by atoms with E-state index in [1.54, 1.807) is 0 Å². The van der Waals surface area contributed by atoms with E-state index in [-0.39, 0.29) is 0 Å². The molecule has 1 rings (SSSR count). The molecule has 1 fully saturated rings. The lowest BCUT2D eigenvalue weighted by molar-refractivity contribution is 0.183. The smallest absolute Gasteiger partial charge is 0.0120 e. The Morgan fingerprint density at radius 3 is 2.23 bits per heavy atom. The minimum absolute atomic E-state index is 0.644. The molecule has 0 aliphatic heterocycles. The van der Waals surface area contributed by atoms with Crippen molar-refractivity contribution in [2.45, 2.75) is 64.8 Å². The molecule has 0 aromatic heterocycles. The van der Waals surface area contributed by atoms with E-state index in [1.165, 1.54) is 44.9 Å². The first kappa shape index (κ1) is 11.0. The van der Waals surface area contributed by atoms with Gasteiger partial charge in [-0.1, -0.05) is 33.1 Å². The van der Waals surface area contributed by atoms with E-state index in [4.69, 9.17) is 0 Å². The van der Waals surface area contributed by atoms with E-state index in [2.05, 4.69) is 26.2 Å². The average Bonchev–Trinajstić information content (AvgIpc) is 2.63. The molecule has 78 valence electrons. The van der Waals surface area contributed by atoms with Gasteiger partial charge >= 0.3 is 0 Å². The van der Waals surface area contributed by atoms with E-state index in [0.29, 0.717) is 5.41 Å². The molecule has 0 aromatic rings. The normalized spacial score (nSPS) is 23.3. The molecule has 1 unspecified atom stereocenters. The van der Waals surface area contributed by atoms with Gasteiger partial charge in [0.1, 0.15) is 0 Å². The number of hydrogen-bond acceptors (Lipinski definition) is 1. The highest BCUT2D eigenvalue weighted by Gasteiger charge is 2.38. The SMILES string of the molecule is CCCC(NC)C1(CC)CCCC1. The summed E-state index contributed by atoms with van der Waals surface area (Å²) in [7, 11) is 2.13. The highest BCUT2D eigenvalue weighted by Crippen LogP contribution is 2.44. The van der Waals surface area contributed by atoms with Crippen molar-refractivity contribution in [3.63, 3.8) is 0 Å². The predicted molar refractivity (Wildman–Crippen MR) is 58.9 cm³/mol. The van der Waals surface area contributed by atoms with Crippen molar-refractivity contribution in [3.05, 3.63) is 0 Å². The van der Waals surface area contributed by atoms with Gasteiger partial charge in [-0.25, -0.2) is 0 Å². The van der Waals surface area contributed by atoms with Crippen molar-refractivity contribution in [1.82, 2.24) is 5.32 Å². The Morgan fingerprint density at radius 2 is 1.85 bits per heavy atom.